The van der Waals surface area contributed by atoms with E-state index in [1.54, 1.807) is 0 Å². The van der Waals surface area contributed by atoms with Crippen molar-refractivity contribution in [2.75, 3.05) is 0 Å². The molecule has 6 heterocycles. The van der Waals surface area contributed by atoms with E-state index in [9.17, 15) is 0 Å². The Bertz CT molecular complexity index is 1830. The Balaban J connectivity index is 1.81. The second-order valence-electron chi connectivity index (χ2n) is 11.2. The summed E-state index contributed by atoms with van der Waals surface area (Å²) in [6.07, 6.45) is 3.84. The quantitative estimate of drug-likeness (QED) is 0.227. The molecule has 0 aromatic carbocycles. The minimum absolute atomic E-state index is 0.258. The van der Waals surface area contributed by atoms with Gasteiger partial charge >= 0.3 is 250 Å². The van der Waals surface area contributed by atoms with Crippen LogP contribution in [0.5, 0.6) is 0 Å². The van der Waals surface area contributed by atoms with Crippen LogP contribution in [0.2, 0.25) is 0 Å². The first kappa shape index (κ1) is 27.8. The average Bonchev–Trinajstić information content (AvgIpc) is 3.73. The third-order valence-electron chi connectivity index (χ3n) is 9.02. The maximum atomic E-state index is 5.29. The van der Waals surface area contributed by atoms with Crippen molar-refractivity contribution in [2.24, 2.45) is 0 Å². The van der Waals surface area contributed by atoms with Crippen LogP contribution in [0, 0.1) is 13.8 Å². The summed E-state index contributed by atoms with van der Waals surface area (Å²) in [6.45, 7) is 17.9. The summed E-state index contributed by atoms with van der Waals surface area (Å²) in [7, 11) is 0. The molecular formula is C36H40N4Se. The van der Waals surface area contributed by atoms with Crippen molar-refractivity contribution in [1.29, 1.82) is 0 Å². The second kappa shape index (κ2) is 10.8. The molecule has 2 aliphatic heterocycles. The first-order chi connectivity index (χ1) is 19.8. The molecule has 4 aromatic rings. The molecule has 0 spiro atoms. The number of nitrogens with zero attached hydrogens (tertiary/aromatic N) is 2. The summed E-state index contributed by atoms with van der Waals surface area (Å²) in [5.41, 5.74) is 19.5. The molecule has 0 saturated carbocycles. The predicted molar refractivity (Wildman–Crippen MR) is 178 cm³/mol. The molecule has 0 amide bonds. The Morgan fingerprint density at radius 1 is 0.561 bits per heavy atom. The third kappa shape index (κ3) is 4.60. The van der Waals surface area contributed by atoms with Crippen LogP contribution in [-0.2, 0) is 12.8 Å². The molecule has 2 N–H and O–H groups in total. The van der Waals surface area contributed by atoms with Crippen molar-refractivity contribution in [2.45, 2.75) is 81.1 Å². The van der Waals surface area contributed by atoms with Crippen LogP contribution in [-0.4, -0.2) is 34.4 Å². The maximum absolute atomic E-state index is 5.29. The van der Waals surface area contributed by atoms with Gasteiger partial charge in [-0.3, -0.25) is 0 Å². The van der Waals surface area contributed by atoms with Gasteiger partial charge in [0.05, 0.1) is 0 Å². The molecule has 0 saturated heterocycles. The van der Waals surface area contributed by atoms with Gasteiger partial charge in [0, 0.05) is 0 Å². The molecule has 0 unspecified atom stereocenters. The number of nitrogens with one attached hydrogen (secondary N) is 2. The van der Waals surface area contributed by atoms with Crippen LogP contribution in [0.3, 0.4) is 0 Å². The standard InChI is InChI=1S/C36H40N4Se/c1-9-25-19(5)29-15-23-13-14-24(41-23)16-30-20(6)26(10-2)32(38-30)18-34-28(12-4)22(8)36(40-34)35-21(7)27(11-3)33(39-35)17-31(25)37-29/h13-18,37-38H,9-12H2,1-8H3. The summed E-state index contributed by atoms with van der Waals surface area (Å²) < 4.78 is 2.78. The molecule has 10 bridgehead atoms. The number of H-pyrrole nitrogens is 2. The molecule has 4 aromatic heterocycles. The van der Waals surface area contributed by atoms with Gasteiger partial charge < -0.3 is 0 Å². The van der Waals surface area contributed by atoms with Gasteiger partial charge in [0.2, 0.25) is 0 Å². The summed E-state index contributed by atoms with van der Waals surface area (Å²) in [4.78, 5) is 18.1. The van der Waals surface area contributed by atoms with E-state index in [2.05, 4.69) is 102 Å². The zero-order valence-electron chi connectivity index (χ0n) is 25.6. The minimum atomic E-state index is 0.258. The van der Waals surface area contributed by atoms with Crippen LogP contribution >= 0.6 is 0 Å². The molecule has 41 heavy (non-hydrogen) atoms. The van der Waals surface area contributed by atoms with Gasteiger partial charge in [-0.25, -0.2) is 0 Å². The fraction of sp³-hybridized carbons (Fsp3) is 0.333. The Kier molecular flexibility index (Phi) is 7.30. The normalized spacial score (nSPS) is 13.6. The Hall–Kier alpha value is -3.40. The van der Waals surface area contributed by atoms with Gasteiger partial charge in [-0.1, -0.05) is 0 Å². The summed E-state index contributed by atoms with van der Waals surface area (Å²) >= 11 is 0.258. The molecule has 6 rings (SSSR count). The number of allylic oxidation sites excluding steroid dienone is 4. The molecule has 0 aliphatic carbocycles. The Labute approximate surface area is 249 Å². The Morgan fingerprint density at radius 2 is 0.976 bits per heavy atom. The van der Waals surface area contributed by atoms with Crippen molar-refractivity contribution in [3.05, 3.63) is 81.4 Å². The molecule has 0 atom stereocenters. The number of hydrogen-bond donors (Lipinski definition) is 2. The summed E-state index contributed by atoms with van der Waals surface area (Å²) in [6, 6.07) is 13.9. The van der Waals surface area contributed by atoms with E-state index in [1.165, 1.54) is 75.1 Å². The predicted octanol–water partition coefficient (Wildman–Crippen LogP) is 9.51. The van der Waals surface area contributed by atoms with Gasteiger partial charge in [-0.05, 0) is 0 Å². The molecular weight excluding hydrogens is 567 g/mol. The number of fused-ring (bicyclic) bond motifs is 11. The summed E-state index contributed by atoms with van der Waals surface area (Å²) in [5, 5.41) is 0. The van der Waals surface area contributed by atoms with Crippen molar-refractivity contribution >= 4 is 67.4 Å². The van der Waals surface area contributed by atoms with E-state index in [4.69, 9.17) is 9.97 Å². The van der Waals surface area contributed by atoms with E-state index in [0.717, 1.165) is 48.5 Å². The van der Waals surface area contributed by atoms with Gasteiger partial charge in [0.25, 0.3) is 0 Å². The average molecular weight is 608 g/mol. The number of rotatable bonds is 4. The summed E-state index contributed by atoms with van der Waals surface area (Å²) in [5.74, 6) is 0. The number of aryl methyl sites for hydroxylation is 4. The SMILES string of the molecule is CCC1=C(C)c2nc1cc1[nH]c(cc3ccc(cc4[nH]c(cc5nc2C(C)=C5CC)c(CC)c4C)[se]3)c(C)c1CC. The van der Waals surface area contributed by atoms with Gasteiger partial charge in [0.1, 0.15) is 0 Å². The van der Waals surface area contributed by atoms with Crippen LogP contribution in [0.25, 0.3) is 52.9 Å². The van der Waals surface area contributed by atoms with Crippen molar-refractivity contribution < 1.29 is 0 Å². The van der Waals surface area contributed by atoms with E-state index in [1.807, 2.05) is 0 Å². The van der Waals surface area contributed by atoms with Gasteiger partial charge in [0.15, 0.2) is 0 Å². The first-order valence-corrected chi connectivity index (χ1v) is 16.7. The second-order valence-corrected chi connectivity index (χ2v) is 13.6. The van der Waals surface area contributed by atoms with E-state index in [0.29, 0.717) is 0 Å². The zero-order valence-corrected chi connectivity index (χ0v) is 27.3. The molecule has 2 aliphatic rings. The van der Waals surface area contributed by atoms with Crippen molar-refractivity contribution in [1.82, 2.24) is 19.9 Å². The first-order valence-electron chi connectivity index (χ1n) is 15.0. The van der Waals surface area contributed by atoms with Crippen LogP contribution in [0.4, 0.5) is 0 Å². The Morgan fingerprint density at radius 3 is 1.34 bits per heavy atom. The van der Waals surface area contributed by atoms with Crippen LogP contribution in [0.1, 0.15) is 99.4 Å². The van der Waals surface area contributed by atoms with E-state index >= 15 is 0 Å². The molecule has 0 fully saturated rings. The molecule has 5 heteroatoms. The molecule has 0 radical (unpaired) electrons. The van der Waals surface area contributed by atoms with E-state index in [-0.39, 0.29) is 14.5 Å². The molecule has 4 nitrogen and oxygen atoms in total. The molecule has 210 valence electrons. The zero-order chi connectivity index (χ0) is 29.0. The number of aromatic amines is 2. The number of aromatic nitrogens is 4. The van der Waals surface area contributed by atoms with E-state index < -0.39 is 0 Å². The fourth-order valence-electron chi connectivity index (χ4n) is 6.69. The van der Waals surface area contributed by atoms with Gasteiger partial charge in [-0.15, -0.1) is 0 Å². The van der Waals surface area contributed by atoms with Crippen molar-refractivity contribution in [3.8, 4) is 0 Å². The monoisotopic (exact) mass is 608 g/mol. The number of hydrogen-bond acceptors (Lipinski definition) is 2. The van der Waals surface area contributed by atoms with Gasteiger partial charge in [-0.2, -0.15) is 0 Å². The van der Waals surface area contributed by atoms with Crippen molar-refractivity contribution in [3.63, 3.8) is 0 Å². The topological polar surface area (TPSA) is 57.4 Å². The fourth-order valence-corrected chi connectivity index (χ4v) is 8.58. The van der Waals surface area contributed by atoms with Crippen LogP contribution < -0.4 is 0 Å². The third-order valence-corrected chi connectivity index (χ3v) is 11.1. The van der Waals surface area contributed by atoms with Crippen LogP contribution in [0.15, 0.2) is 36.4 Å².